The van der Waals surface area contributed by atoms with Crippen molar-refractivity contribution in [2.24, 2.45) is 11.7 Å². The second-order valence-corrected chi connectivity index (χ2v) is 41.2. The van der Waals surface area contributed by atoms with Gasteiger partial charge in [-0.25, -0.2) is 19.2 Å². The number of esters is 2. The van der Waals surface area contributed by atoms with Crippen molar-refractivity contribution in [2.45, 2.75) is 208 Å². The van der Waals surface area contributed by atoms with Gasteiger partial charge in [-0.3, -0.25) is 14.5 Å². The first-order valence-electron chi connectivity index (χ1n) is 40.8. The molecular weight excluding hydrogens is 1590 g/mol. The van der Waals surface area contributed by atoms with Crippen LogP contribution in [0.2, 0.25) is 10.1 Å². The Hall–Kier alpha value is -10.3. The molecule has 0 radical (unpaired) electrons. The number of nitrogens with one attached hydrogen (secondary N) is 3. The number of rotatable bonds is 28. The van der Waals surface area contributed by atoms with E-state index < -0.39 is 192 Å². The Morgan fingerprint density at radius 1 is 0.529 bits per heavy atom. The summed E-state index contributed by atoms with van der Waals surface area (Å²) in [7, 11) is -7.86. The first-order chi connectivity index (χ1) is 58.3. The van der Waals surface area contributed by atoms with E-state index in [1.54, 1.807) is 78.9 Å². The molecule has 8 N–H and O–H groups in total. The number of aliphatic hydroxyl groups excluding tert-OH is 2. The van der Waals surface area contributed by atoms with Crippen molar-refractivity contribution in [3.63, 3.8) is 0 Å². The molecule has 640 valence electrons. The van der Waals surface area contributed by atoms with Gasteiger partial charge in [-0.1, -0.05) is 277 Å². The summed E-state index contributed by atoms with van der Waals surface area (Å²) in [6.45, 7) is 10.6. The topological polar surface area (TPSA) is 358 Å². The fourth-order valence-corrected chi connectivity index (χ4v) is 26.1. The summed E-state index contributed by atoms with van der Waals surface area (Å²) in [6.07, 6.45) is -26.3. The zero-order valence-electron chi connectivity index (χ0n) is 68.3. The fraction of sp³-hybridized carbons (Fsp3) is 0.407. The third-order valence-corrected chi connectivity index (χ3v) is 32.9. The average molecular weight is 1690 g/mol. The van der Waals surface area contributed by atoms with Crippen LogP contribution in [0.1, 0.15) is 89.8 Å². The van der Waals surface area contributed by atoms with E-state index in [4.69, 9.17) is 71.7 Å². The third-order valence-electron chi connectivity index (χ3n) is 23.4. The highest BCUT2D eigenvalue weighted by Gasteiger charge is 2.64. The predicted molar refractivity (Wildman–Crippen MR) is 445 cm³/mol. The molecule has 0 spiro atoms. The van der Waals surface area contributed by atoms with Crippen LogP contribution >= 0.6 is 0 Å². The molecule has 6 aliphatic rings. The predicted octanol–water partition coefficient (Wildman–Crippen LogP) is 8.18. The maximum absolute atomic E-state index is 15.1. The Balaban J connectivity index is 0.937. The van der Waals surface area contributed by atoms with Crippen molar-refractivity contribution in [1.29, 1.82) is 0 Å². The minimum Gasteiger partial charge on any atom is -0.457 e. The monoisotopic (exact) mass is 1690 g/mol. The van der Waals surface area contributed by atoms with Gasteiger partial charge in [0.2, 0.25) is 0 Å². The molecule has 30 heteroatoms. The van der Waals surface area contributed by atoms with Gasteiger partial charge >= 0.3 is 36.3 Å². The van der Waals surface area contributed by atoms with E-state index in [2.05, 4.69) is 36.7 Å². The molecule has 5 aliphatic heterocycles. The van der Waals surface area contributed by atoms with Gasteiger partial charge in [-0.15, -0.1) is 0 Å². The number of nitrogens with two attached hydrogens (primary N) is 1. The molecule has 8 aromatic rings. The molecule has 6 fully saturated rings. The van der Waals surface area contributed by atoms with Crippen LogP contribution in [0, 0.1) is 5.92 Å². The number of ether oxygens (including phenoxy) is 13. The SMILES string of the molecule is CC(=O)O[C@@H]1[C@H](O)[C@@H](CO)O[C@H](O[C@H]2[C@H](O[C@@H]3O[C@H](CO[Si](c4ccccc4)(c4ccccc4)C(C)(C)C)[C@@H](O[C@H]4O[C@H]5CN(C(=O)OCc6ccccc6)C(c6ccccc6)O[C@H]5[C@H](OC(C)=O)[C@H]4NC(=O)OCc4ccccc4)[C@H]3CC(C)(C)[Si](O)(c3ccccc3)c3ccccc3)[C@H]3OC(=O)N[C@@H]3C[C@@H]2N)[C@@H]1NC(=O)OCc1ccccc1. The molecule has 1 saturated carbocycles. The number of alkyl carbamates (subject to hydrolysis) is 3. The van der Waals surface area contributed by atoms with Crippen molar-refractivity contribution in [1.82, 2.24) is 20.9 Å². The Labute approximate surface area is 704 Å². The smallest absolute Gasteiger partial charge is 0.412 e. The van der Waals surface area contributed by atoms with E-state index in [1.165, 1.54) is 11.8 Å². The molecule has 5 heterocycles. The number of fused-ring (bicyclic) bond motifs is 2. The number of benzene rings is 8. The summed E-state index contributed by atoms with van der Waals surface area (Å²) in [5.74, 6) is -2.88. The van der Waals surface area contributed by atoms with E-state index >= 15 is 9.59 Å². The van der Waals surface area contributed by atoms with Crippen LogP contribution in [-0.4, -0.2) is 203 Å². The summed E-state index contributed by atoms with van der Waals surface area (Å²) < 4.78 is 95.7. The van der Waals surface area contributed by atoms with E-state index in [1.807, 2.05) is 178 Å². The van der Waals surface area contributed by atoms with Crippen LogP contribution in [0.4, 0.5) is 19.2 Å². The van der Waals surface area contributed by atoms with E-state index in [0.717, 1.165) is 17.3 Å². The molecule has 0 aromatic heterocycles. The first-order valence-corrected chi connectivity index (χ1v) is 44.7. The van der Waals surface area contributed by atoms with Crippen molar-refractivity contribution >= 4 is 73.7 Å². The Kier molecular flexibility index (Phi) is 27.7. The van der Waals surface area contributed by atoms with E-state index in [-0.39, 0.29) is 45.8 Å². The Morgan fingerprint density at radius 3 is 1.46 bits per heavy atom. The number of hydrogen-bond donors (Lipinski definition) is 7. The third kappa shape index (κ3) is 19.5. The molecule has 28 nitrogen and oxygen atoms in total. The summed E-state index contributed by atoms with van der Waals surface area (Å²) in [5, 5.41) is 32.6. The second-order valence-electron chi connectivity index (χ2n) is 33.0. The van der Waals surface area contributed by atoms with Gasteiger partial charge in [0.05, 0.1) is 31.9 Å². The molecule has 0 bridgehead atoms. The minimum atomic E-state index is -4.20. The van der Waals surface area contributed by atoms with Gasteiger partial charge in [0, 0.05) is 31.4 Å². The van der Waals surface area contributed by atoms with Crippen LogP contribution in [0.5, 0.6) is 0 Å². The number of nitrogens with zero attached hydrogens (tertiary/aromatic N) is 1. The van der Waals surface area contributed by atoms with Crippen molar-refractivity contribution in [2.75, 3.05) is 19.8 Å². The van der Waals surface area contributed by atoms with Gasteiger partial charge in [0.1, 0.15) is 74.6 Å². The van der Waals surface area contributed by atoms with Gasteiger partial charge < -0.3 is 103 Å². The van der Waals surface area contributed by atoms with Crippen LogP contribution in [0.25, 0.3) is 0 Å². The molecule has 1 aliphatic carbocycles. The van der Waals surface area contributed by atoms with Gasteiger partial charge in [0.25, 0.3) is 16.6 Å². The molecule has 14 rings (SSSR count). The molecule has 8 aromatic carbocycles. The summed E-state index contributed by atoms with van der Waals surface area (Å²) >= 11 is 0. The maximum Gasteiger partial charge on any atom is 0.412 e. The normalized spacial score (nSPS) is 27.9. The highest BCUT2D eigenvalue weighted by atomic mass is 28.4. The molecule has 20 atom stereocenters. The highest BCUT2D eigenvalue weighted by Crippen LogP contribution is 2.50. The summed E-state index contributed by atoms with van der Waals surface area (Å²) in [4.78, 5) is 102. The lowest BCUT2D eigenvalue weighted by Crippen LogP contribution is -2.70. The second kappa shape index (κ2) is 38.4. The highest BCUT2D eigenvalue weighted by molar-refractivity contribution is 6.99. The number of hydrogen-bond acceptors (Lipinski definition) is 24. The number of carbonyl (C=O) groups excluding carboxylic acids is 6. The zero-order chi connectivity index (χ0) is 85.2. The number of aliphatic hydroxyl groups is 2. The van der Waals surface area contributed by atoms with E-state index in [0.29, 0.717) is 32.6 Å². The van der Waals surface area contributed by atoms with Crippen LogP contribution < -0.4 is 42.4 Å². The quantitative estimate of drug-likeness (QED) is 0.0138. The lowest BCUT2D eigenvalue weighted by atomic mass is 9.84. The fourth-order valence-electron chi connectivity index (χ4n) is 17.7. The number of amides is 4. The molecule has 5 saturated heterocycles. The van der Waals surface area contributed by atoms with Gasteiger partial charge in [0.15, 0.2) is 43.4 Å². The summed E-state index contributed by atoms with van der Waals surface area (Å²) in [5.41, 5.74) is 9.88. The summed E-state index contributed by atoms with van der Waals surface area (Å²) in [6, 6.07) is 69.1. The Morgan fingerprint density at radius 2 is 0.967 bits per heavy atom. The first kappa shape index (κ1) is 87.1. The standard InChI is InChI=1S/C91H105N5O23Si2/c1-56(98)110-79-72(94-86(101)106-52-58-32-16-8-17-33-58)84(113-70(51-97)74(79)100)117-76-67(92)48-68-77(119-88(103)93-68)81(76)118-83-66(49-91(6,7)120(105,62-40-24-12-25-41-62)63-42-26-13-27-43-63)75(71(114-83)55-109-121(90(3,4)5,64-44-28-14-29-45-64)65-46-30-15-31-47-65)116-85-73(95-87(102)107-53-59-34-18-9-19-35-59)80(111-57(2)99)78-69(112-85)50-96(82(115-78)61-38-22-11-23-39-61)89(104)108-54-60-36-20-10-21-37-60/h8-47,66-85,97,100,105H,48-55,92H2,1-7H3,(H,93,103)(H,94,101)(H,95,102)/t66-,67+,68-,69+,70-,71-,72-,73-,74-,75+,76-,77+,78-,79+,80-,81+,82?,83+,84-,85-/m1/s1. The largest absolute Gasteiger partial charge is 0.457 e. The van der Waals surface area contributed by atoms with Crippen molar-refractivity contribution in [3.8, 4) is 0 Å². The van der Waals surface area contributed by atoms with Crippen LogP contribution in [0.15, 0.2) is 243 Å². The lowest BCUT2D eigenvalue weighted by molar-refractivity contribution is -0.322. The van der Waals surface area contributed by atoms with Crippen molar-refractivity contribution in [3.05, 3.63) is 265 Å². The number of carbonyl (C=O) groups is 6. The van der Waals surface area contributed by atoms with Crippen LogP contribution in [-0.2, 0) is 95.4 Å². The molecular formula is C91H105N5O23Si2. The van der Waals surface area contributed by atoms with Crippen molar-refractivity contribution < 1.29 is 110 Å². The molecule has 4 amide bonds. The zero-order valence-corrected chi connectivity index (χ0v) is 70.3. The van der Waals surface area contributed by atoms with Gasteiger partial charge in [-0.05, 0) is 60.4 Å². The molecule has 121 heavy (non-hydrogen) atoms. The lowest BCUT2D eigenvalue weighted by Gasteiger charge is -2.52. The van der Waals surface area contributed by atoms with Gasteiger partial charge in [-0.2, -0.15) is 0 Å². The maximum atomic E-state index is 15.1. The van der Waals surface area contributed by atoms with E-state index in [9.17, 15) is 34.2 Å². The Bertz CT molecular complexity index is 4680. The average Bonchev–Trinajstić information content (AvgIpc) is 1.43. The van der Waals surface area contributed by atoms with Crippen LogP contribution in [0.3, 0.4) is 0 Å². The minimum absolute atomic E-state index is 0.0232. The molecule has 1 unspecified atom stereocenters.